The standard InChI is InChI=1S/C26H31N5O.C25H30ClN3O4.C23H24N4O3/c1-18-14-23-26(28-15-18)25(19(2)31(23)22-8-6-21(27-3)7-9-22)24(32)17-30-12-10-20(11-13-30)16-29(4)5;1-17-24(23(31)15-28-9-7-18(16-30)8-10-28)25-22(13-21(14-27-25)33-12-11-32-2)29(17)20-5-3-19(26)4-6-20;1-14-10-18-23(25-11-14)22(21(30)13-26-9-8-19(28)20(29)12-26)15(2)27(18)17-6-4-16(24-3)5-7-17/h6-9,14-15,20H,10-13,16-17H2,1-2,4-5H3;3-6,13-14,18,30H,7-12,15-16H2,1-2H3;4-7,10-11,19-20,28-29H,8-9,12-13H2,1-2H3/t;;19-,20+/m..0/s1. The molecule has 3 aliphatic heterocycles. The smallest absolute Gasteiger partial charge is 0.187 e. The molecule has 3 fully saturated rings. The van der Waals surface area contributed by atoms with Gasteiger partial charge in [-0.3, -0.25) is 39.1 Å². The summed E-state index contributed by atoms with van der Waals surface area (Å²) >= 11 is 6.11. The van der Waals surface area contributed by atoms with Crippen LogP contribution in [0.1, 0.15) is 91.4 Å². The Balaban J connectivity index is 0.000000155. The molecule has 0 unspecified atom stereocenters. The Hall–Kier alpha value is -8.51. The molecule has 496 valence electrons. The van der Waals surface area contributed by atoms with E-state index in [0.717, 1.165) is 126 Å². The molecular formula is C74H85ClN12O8. The first-order valence-electron chi connectivity index (χ1n) is 32.5. The van der Waals surface area contributed by atoms with E-state index in [1.54, 1.807) is 31.6 Å². The summed E-state index contributed by atoms with van der Waals surface area (Å²) < 4.78 is 17.0. The predicted molar refractivity (Wildman–Crippen MR) is 372 cm³/mol. The van der Waals surface area contributed by atoms with Gasteiger partial charge in [-0.2, -0.15) is 0 Å². The second kappa shape index (κ2) is 31.4. The van der Waals surface area contributed by atoms with E-state index in [1.807, 2.05) is 128 Å². The van der Waals surface area contributed by atoms with Gasteiger partial charge in [-0.1, -0.05) is 35.9 Å². The molecule has 21 heteroatoms. The number of piperidine rings is 3. The van der Waals surface area contributed by atoms with Crippen molar-refractivity contribution in [3.05, 3.63) is 182 Å². The van der Waals surface area contributed by atoms with E-state index in [-0.39, 0.29) is 37.0 Å². The number of halogens is 1. The Morgan fingerprint density at radius 3 is 1.37 bits per heavy atom. The third-order valence-electron chi connectivity index (χ3n) is 18.4. The highest BCUT2D eigenvalue weighted by Gasteiger charge is 2.32. The number of hydrogen-bond donors (Lipinski definition) is 3. The van der Waals surface area contributed by atoms with Crippen molar-refractivity contribution < 1.29 is 39.2 Å². The van der Waals surface area contributed by atoms with Gasteiger partial charge < -0.3 is 43.4 Å². The number of ether oxygens (including phenoxy) is 2. The Kier molecular flexibility index (Phi) is 22.9. The first-order valence-corrected chi connectivity index (χ1v) is 32.8. The maximum absolute atomic E-state index is 13.5. The third-order valence-corrected chi connectivity index (χ3v) is 18.6. The minimum atomic E-state index is -0.837. The molecule has 3 aliphatic rings. The van der Waals surface area contributed by atoms with Crippen LogP contribution in [0.2, 0.25) is 5.02 Å². The van der Waals surface area contributed by atoms with E-state index in [9.17, 15) is 29.7 Å². The van der Waals surface area contributed by atoms with Crippen LogP contribution in [0, 0.1) is 59.6 Å². The van der Waals surface area contributed by atoms with Crippen molar-refractivity contribution in [3.8, 4) is 22.8 Å². The van der Waals surface area contributed by atoms with Crippen LogP contribution in [0.5, 0.6) is 5.75 Å². The fraction of sp³-hybridized carbons (Fsp3) is 0.405. The predicted octanol–water partition coefficient (Wildman–Crippen LogP) is 11.4. The van der Waals surface area contributed by atoms with Gasteiger partial charge in [0.15, 0.2) is 28.7 Å². The summed E-state index contributed by atoms with van der Waals surface area (Å²) in [7, 11) is 5.88. The number of rotatable bonds is 19. The van der Waals surface area contributed by atoms with Crippen molar-refractivity contribution in [1.82, 2.24) is 48.3 Å². The normalized spacial score (nSPS) is 16.7. The first-order chi connectivity index (χ1) is 45.8. The van der Waals surface area contributed by atoms with Gasteiger partial charge in [0.05, 0.1) is 108 Å². The number of likely N-dealkylation sites (tertiary alicyclic amines) is 3. The molecule has 95 heavy (non-hydrogen) atoms. The summed E-state index contributed by atoms with van der Waals surface area (Å²) in [5, 5.41) is 29.7. The number of nitrogens with zero attached hydrogens (tertiary/aromatic N) is 12. The van der Waals surface area contributed by atoms with Gasteiger partial charge >= 0.3 is 0 Å². The summed E-state index contributed by atoms with van der Waals surface area (Å²) in [5.41, 5.74) is 15.0. The Bertz CT molecular complexity index is 4280. The number of fused-ring (bicyclic) bond motifs is 3. The van der Waals surface area contributed by atoms with Crippen molar-refractivity contribution in [2.45, 2.75) is 78.9 Å². The SMILES string of the molecule is COCCOc1cnc2c(C(=O)CN3CCC(CO)CC3)c(C)n(-c3ccc(Cl)cc3)c2c1.[C-]#[N+]c1ccc(-n2c(C)c(C(=O)CN3CCC(CN(C)C)CC3)c3ncc(C)cc32)cc1.[C-]#[N+]c1ccc(-n2c(C)c(C(=O)CN3CC[C@H](O)[C@H](O)C3)c3ncc(C)cc32)cc1. The number of β-amino-alcohol motifs (C(OH)–C–C–N with tert-alkyl or cyclic N) is 1. The topological polar surface area (TPSA) is 205 Å². The first kappa shape index (κ1) is 69.3. The summed E-state index contributed by atoms with van der Waals surface area (Å²) in [6.07, 6.45) is 8.22. The average Bonchev–Trinajstić information content (AvgIpc) is 1.62. The lowest BCUT2D eigenvalue weighted by Crippen LogP contribution is -2.48. The highest BCUT2D eigenvalue weighted by molar-refractivity contribution is 6.30. The summed E-state index contributed by atoms with van der Waals surface area (Å²) in [4.78, 5) is 69.6. The van der Waals surface area contributed by atoms with E-state index < -0.39 is 12.2 Å². The highest BCUT2D eigenvalue weighted by Crippen LogP contribution is 2.35. The number of aryl methyl sites for hydroxylation is 2. The molecule has 0 spiro atoms. The van der Waals surface area contributed by atoms with Crippen molar-refractivity contribution in [2.24, 2.45) is 11.8 Å². The Morgan fingerprint density at radius 1 is 0.558 bits per heavy atom. The number of benzene rings is 3. The van der Waals surface area contributed by atoms with Crippen LogP contribution in [0.4, 0.5) is 11.4 Å². The molecule has 3 saturated heterocycles. The molecule has 0 saturated carbocycles. The Morgan fingerprint density at radius 2 is 0.958 bits per heavy atom. The second-order valence-corrected chi connectivity index (χ2v) is 26.0. The van der Waals surface area contributed by atoms with Gasteiger partial charge in [0.2, 0.25) is 0 Å². The van der Waals surface area contributed by atoms with E-state index in [0.29, 0.717) is 101 Å². The van der Waals surface area contributed by atoms with Crippen LogP contribution in [0.15, 0.2) is 110 Å². The molecule has 3 aromatic carbocycles. The number of pyridine rings is 3. The number of carbonyl (C=O) groups is 3. The van der Waals surface area contributed by atoms with Crippen LogP contribution >= 0.6 is 11.6 Å². The lowest BCUT2D eigenvalue weighted by atomic mass is 9.96. The van der Waals surface area contributed by atoms with Crippen molar-refractivity contribution in [1.29, 1.82) is 0 Å². The number of methoxy groups -OCH3 is 1. The molecule has 0 radical (unpaired) electrons. The molecule has 9 heterocycles. The van der Waals surface area contributed by atoms with Gasteiger partial charge in [0.25, 0.3) is 0 Å². The highest BCUT2D eigenvalue weighted by atomic mass is 35.5. The zero-order valence-corrected chi connectivity index (χ0v) is 56.3. The minimum Gasteiger partial charge on any atom is -0.489 e. The summed E-state index contributed by atoms with van der Waals surface area (Å²) in [6.45, 7) is 31.7. The van der Waals surface area contributed by atoms with E-state index in [1.165, 1.54) is 0 Å². The van der Waals surface area contributed by atoms with Crippen LogP contribution in [0.3, 0.4) is 0 Å². The zero-order chi connectivity index (χ0) is 67.6. The van der Waals surface area contributed by atoms with Gasteiger partial charge in [0.1, 0.15) is 12.4 Å². The van der Waals surface area contributed by atoms with Crippen molar-refractivity contribution in [2.75, 3.05) is 106 Å². The van der Waals surface area contributed by atoms with Crippen LogP contribution in [0.25, 0.3) is 59.9 Å². The number of carbonyl (C=O) groups excluding carboxylic acids is 3. The molecule has 6 aromatic heterocycles. The fourth-order valence-corrected chi connectivity index (χ4v) is 13.6. The lowest BCUT2D eigenvalue weighted by Gasteiger charge is -2.32. The lowest BCUT2D eigenvalue weighted by molar-refractivity contribution is -0.0363. The number of aromatic nitrogens is 6. The van der Waals surface area contributed by atoms with Gasteiger partial charge in [-0.25, -0.2) is 14.7 Å². The summed E-state index contributed by atoms with van der Waals surface area (Å²) in [5.74, 6) is 1.79. The van der Waals surface area contributed by atoms with Crippen LogP contribution < -0.4 is 4.74 Å². The van der Waals surface area contributed by atoms with Crippen molar-refractivity contribution in [3.63, 3.8) is 0 Å². The van der Waals surface area contributed by atoms with Crippen molar-refractivity contribution >= 4 is 73.4 Å². The maximum atomic E-state index is 13.5. The largest absolute Gasteiger partial charge is 0.489 e. The molecule has 0 bridgehead atoms. The molecule has 0 amide bonds. The number of aliphatic hydroxyl groups is 3. The number of Topliss-reactive ketones (excluding diaryl/α,β-unsaturated/α-hetero) is 3. The third kappa shape index (κ3) is 16.1. The monoisotopic (exact) mass is 1300 g/mol. The number of aliphatic hydroxyl groups excluding tert-OH is 3. The van der Waals surface area contributed by atoms with Gasteiger partial charge in [-0.15, -0.1) is 0 Å². The van der Waals surface area contributed by atoms with Gasteiger partial charge in [0, 0.05) is 91.0 Å². The number of hydrogen-bond acceptors (Lipinski definition) is 15. The van der Waals surface area contributed by atoms with E-state index in [2.05, 4.69) is 64.1 Å². The molecule has 3 N–H and O–H groups in total. The number of ketones is 3. The van der Waals surface area contributed by atoms with E-state index in [4.69, 9.17) is 34.2 Å². The quantitative estimate of drug-likeness (QED) is 0.0391. The molecular weight excluding hydrogens is 1220 g/mol. The zero-order valence-electron chi connectivity index (χ0n) is 55.6. The molecule has 12 rings (SSSR count). The van der Waals surface area contributed by atoms with Gasteiger partial charge in [-0.05, 0) is 191 Å². The van der Waals surface area contributed by atoms with Crippen LogP contribution in [-0.4, -0.2) is 200 Å². The maximum Gasteiger partial charge on any atom is 0.187 e. The minimum absolute atomic E-state index is 0.0493. The fourth-order valence-electron chi connectivity index (χ4n) is 13.4. The van der Waals surface area contributed by atoms with E-state index >= 15 is 0 Å². The molecule has 20 nitrogen and oxygen atoms in total. The average molecular weight is 1310 g/mol. The van der Waals surface area contributed by atoms with Crippen LogP contribution in [-0.2, 0) is 4.74 Å². The molecule has 9 aromatic rings. The summed E-state index contributed by atoms with van der Waals surface area (Å²) in [6, 6.07) is 28.3. The molecule has 2 atom stereocenters. The second-order valence-electron chi connectivity index (χ2n) is 25.6. The molecule has 0 aliphatic carbocycles. The Labute approximate surface area is 560 Å².